The molecule has 1 amide bonds. The Morgan fingerprint density at radius 3 is 2.28 bits per heavy atom. The average molecular weight is 423 g/mol. The molecule has 0 saturated heterocycles. The zero-order valence-corrected chi connectivity index (χ0v) is 15.4. The summed E-state index contributed by atoms with van der Waals surface area (Å²) in [6.45, 7) is 0. The second kappa shape index (κ2) is 8.10. The van der Waals surface area contributed by atoms with Gasteiger partial charge in [-0.1, -0.05) is 70.7 Å². The first kappa shape index (κ1) is 19.6. The van der Waals surface area contributed by atoms with Gasteiger partial charge in [-0.15, -0.1) is 0 Å². The van der Waals surface area contributed by atoms with Gasteiger partial charge in [-0.05, 0) is 18.2 Å². The third kappa shape index (κ3) is 5.12. The van der Waals surface area contributed by atoms with Gasteiger partial charge >= 0.3 is 0 Å². The van der Waals surface area contributed by atoms with Crippen molar-refractivity contribution in [1.29, 1.82) is 0 Å². The average Bonchev–Trinajstić information content (AvgIpc) is 2.55. The number of nitro groups is 1. The lowest BCUT2D eigenvalue weighted by Crippen LogP contribution is -2.49. The number of carbonyl (C=O) groups is 1. The lowest BCUT2D eigenvalue weighted by Gasteiger charge is -2.27. The minimum Gasteiger partial charge on any atom is -0.361 e. The molecule has 2 rings (SSSR count). The van der Waals surface area contributed by atoms with Crippen LogP contribution >= 0.6 is 46.4 Å². The lowest BCUT2D eigenvalue weighted by molar-refractivity contribution is -0.385. The summed E-state index contributed by atoms with van der Waals surface area (Å²) in [5.74, 6) is -0.775. The number of carbonyl (C=O) groups excluding carboxylic acids is 1. The summed E-state index contributed by atoms with van der Waals surface area (Å²) in [6, 6.07) is 12.1. The molecule has 6 nitrogen and oxygen atoms in total. The monoisotopic (exact) mass is 421 g/mol. The number of benzene rings is 2. The summed E-state index contributed by atoms with van der Waals surface area (Å²) in [7, 11) is 0. The SMILES string of the molecule is O=C(NC(Nc1ccccc1Cl)C(Cl)(Cl)Cl)c1ccccc1[N+](=O)[O-]. The van der Waals surface area contributed by atoms with E-state index < -0.39 is 20.8 Å². The Bertz CT molecular complexity index is 796. The number of rotatable bonds is 5. The van der Waals surface area contributed by atoms with Crippen LogP contribution in [0.1, 0.15) is 10.4 Å². The highest BCUT2D eigenvalue weighted by Crippen LogP contribution is 2.33. The molecule has 0 aliphatic rings. The number of halogens is 4. The summed E-state index contributed by atoms with van der Waals surface area (Å²) in [4.78, 5) is 22.8. The summed E-state index contributed by atoms with van der Waals surface area (Å²) >= 11 is 23.8. The van der Waals surface area contributed by atoms with E-state index in [1.807, 2.05) is 0 Å². The number of hydrogen-bond acceptors (Lipinski definition) is 4. The van der Waals surface area contributed by atoms with E-state index in [0.717, 1.165) is 0 Å². The molecular formula is C15H11Cl4N3O3. The van der Waals surface area contributed by atoms with Crippen LogP contribution in [0.2, 0.25) is 5.02 Å². The van der Waals surface area contributed by atoms with Gasteiger partial charge in [0.1, 0.15) is 11.7 Å². The smallest absolute Gasteiger partial charge is 0.282 e. The molecule has 2 aromatic rings. The van der Waals surface area contributed by atoms with Gasteiger partial charge in [0.2, 0.25) is 3.79 Å². The van der Waals surface area contributed by atoms with Crippen LogP contribution in [-0.4, -0.2) is 20.8 Å². The third-order valence-electron chi connectivity index (χ3n) is 3.12. The minimum atomic E-state index is -1.95. The Kier molecular flexibility index (Phi) is 6.35. The fourth-order valence-corrected chi connectivity index (χ4v) is 2.48. The molecule has 0 saturated carbocycles. The molecule has 0 bridgehead atoms. The van der Waals surface area contributed by atoms with Gasteiger partial charge in [-0.3, -0.25) is 14.9 Å². The maximum Gasteiger partial charge on any atom is 0.282 e. The van der Waals surface area contributed by atoms with Gasteiger partial charge in [-0.2, -0.15) is 0 Å². The number of hydrogen-bond donors (Lipinski definition) is 2. The number of amides is 1. The van der Waals surface area contributed by atoms with Gasteiger partial charge in [0, 0.05) is 6.07 Å². The van der Waals surface area contributed by atoms with E-state index in [-0.39, 0.29) is 11.3 Å². The van der Waals surface area contributed by atoms with Crippen molar-refractivity contribution in [3.63, 3.8) is 0 Å². The van der Waals surface area contributed by atoms with Crippen LogP contribution in [0, 0.1) is 10.1 Å². The topological polar surface area (TPSA) is 84.3 Å². The van der Waals surface area contributed by atoms with Crippen molar-refractivity contribution in [2.75, 3.05) is 5.32 Å². The van der Waals surface area contributed by atoms with E-state index in [1.54, 1.807) is 24.3 Å². The fourth-order valence-electron chi connectivity index (χ4n) is 1.97. The van der Waals surface area contributed by atoms with Crippen LogP contribution in [0.15, 0.2) is 48.5 Å². The van der Waals surface area contributed by atoms with Crippen LogP contribution in [-0.2, 0) is 0 Å². The Balaban J connectivity index is 2.28. The normalized spacial score (nSPS) is 12.3. The molecule has 0 spiro atoms. The Labute approximate surface area is 163 Å². The molecule has 2 aromatic carbocycles. The molecule has 0 aromatic heterocycles. The van der Waals surface area contributed by atoms with Crippen molar-refractivity contribution in [2.45, 2.75) is 9.96 Å². The number of nitrogens with zero attached hydrogens (tertiary/aromatic N) is 1. The van der Waals surface area contributed by atoms with Crippen LogP contribution in [0.3, 0.4) is 0 Å². The van der Waals surface area contributed by atoms with Crippen molar-refractivity contribution < 1.29 is 9.72 Å². The molecule has 0 radical (unpaired) electrons. The van der Waals surface area contributed by atoms with Gasteiger partial charge in [0.25, 0.3) is 11.6 Å². The Morgan fingerprint density at radius 2 is 1.68 bits per heavy atom. The maximum absolute atomic E-state index is 12.4. The molecule has 0 aliphatic heterocycles. The Hall–Kier alpha value is -1.73. The number of para-hydroxylation sites is 2. The van der Waals surface area contributed by atoms with E-state index in [2.05, 4.69) is 10.6 Å². The van der Waals surface area contributed by atoms with Gasteiger partial charge < -0.3 is 10.6 Å². The molecular weight excluding hydrogens is 412 g/mol. The van der Waals surface area contributed by atoms with E-state index >= 15 is 0 Å². The summed E-state index contributed by atoms with van der Waals surface area (Å²) in [6.07, 6.45) is -1.19. The quantitative estimate of drug-likeness (QED) is 0.314. The molecule has 25 heavy (non-hydrogen) atoms. The second-order valence-electron chi connectivity index (χ2n) is 4.85. The lowest BCUT2D eigenvalue weighted by atomic mass is 10.1. The second-order valence-corrected chi connectivity index (χ2v) is 7.62. The predicted molar refractivity (Wildman–Crippen MR) is 99.7 cm³/mol. The van der Waals surface area contributed by atoms with Crippen molar-refractivity contribution >= 4 is 63.7 Å². The highest BCUT2D eigenvalue weighted by molar-refractivity contribution is 6.68. The standard InChI is InChI=1S/C15H11Cl4N3O3/c16-10-6-2-3-7-11(10)20-14(15(17,18)19)21-13(23)9-5-1-4-8-12(9)22(24)25/h1-8,14,20H,(H,21,23). The molecule has 132 valence electrons. The third-order valence-corrected chi connectivity index (χ3v) is 4.11. The summed E-state index contributed by atoms with van der Waals surface area (Å²) in [5.41, 5.74) is -0.100. The summed E-state index contributed by atoms with van der Waals surface area (Å²) in [5, 5.41) is 16.6. The van der Waals surface area contributed by atoms with Gasteiger partial charge in [0.05, 0.1) is 15.6 Å². The first-order valence-electron chi connectivity index (χ1n) is 6.82. The predicted octanol–water partition coefficient (Wildman–Crippen LogP) is 4.79. The first-order valence-corrected chi connectivity index (χ1v) is 8.33. The van der Waals surface area contributed by atoms with Crippen molar-refractivity contribution in [3.05, 3.63) is 69.2 Å². The zero-order valence-electron chi connectivity index (χ0n) is 12.4. The van der Waals surface area contributed by atoms with Crippen molar-refractivity contribution in [2.24, 2.45) is 0 Å². The molecule has 0 heterocycles. The number of nitro benzene ring substituents is 1. The van der Waals surface area contributed by atoms with Crippen LogP contribution < -0.4 is 10.6 Å². The number of nitrogens with one attached hydrogen (secondary N) is 2. The molecule has 2 N–H and O–H groups in total. The Morgan fingerprint density at radius 1 is 1.08 bits per heavy atom. The maximum atomic E-state index is 12.4. The van der Waals surface area contributed by atoms with Gasteiger partial charge in [-0.25, -0.2) is 0 Å². The minimum absolute atomic E-state index is 0.160. The molecule has 0 aliphatic carbocycles. The largest absolute Gasteiger partial charge is 0.361 e. The van der Waals surface area contributed by atoms with Crippen LogP contribution in [0.5, 0.6) is 0 Å². The van der Waals surface area contributed by atoms with E-state index in [4.69, 9.17) is 46.4 Å². The van der Waals surface area contributed by atoms with E-state index in [9.17, 15) is 14.9 Å². The van der Waals surface area contributed by atoms with Crippen LogP contribution in [0.25, 0.3) is 0 Å². The summed E-state index contributed by atoms with van der Waals surface area (Å²) < 4.78 is -1.95. The fraction of sp³-hybridized carbons (Fsp3) is 0.133. The zero-order chi connectivity index (χ0) is 18.6. The van der Waals surface area contributed by atoms with Crippen molar-refractivity contribution in [3.8, 4) is 0 Å². The highest BCUT2D eigenvalue weighted by atomic mass is 35.6. The van der Waals surface area contributed by atoms with E-state index in [1.165, 1.54) is 24.3 Å². The van der Waals surface area contributed by atoms with Crippen molar-refractivity contribution in [1.82, 2.24) is 5.32 Å². The van der Waals surface area contributed by atoms with Gasteiger partial charge in [0.15, 0.2) is 0 Å². The number of anilines is 1. The highest BCUT2D eigenvalue weighted by Gasteiger charge is 2.35. The molecule has 1 atom stereocenters. The first-order chi connectivity index (χ1) is 11.7. The van der Waals surface area contributed by atoms with Crippen LogP contribution in [0.4, 0.5) is 11.4 Å². The molecule has 10 heteroatoms. The van der Waals surface area contributed by atoms with E-state index in [0.29, 0.717) is 10.7 Å². The molecule has 0 fully saturated rings. The molecule has 1 unspecified atom stereocenters. The number of alkyl halides is 3.